The molecule has 1 fully saturated rings. The number of anilines is 1. The Morgan fingerprint density at radius 3 is 2.40 bits per heavy atom. The van der Waals surface area contributed by atoms with E-state index in [0.717, 1.165) is 31.7 Å². The van der Waals surface area contributed by atoms with Crippen LogP contribution in [-0.4, -0.2) is 37.0 Å². The molecule has 0 radical (unpaired) electrons. The van der Waals surface area contributed by atoms with Crippen LogP contribution in [0.4, 0.5) is 5.69 Å². The van der Waals surface area contributed by atoms with Gasteiger partial charge >= 0.3 is 0 Å². The fourth-order valence-corrected chi connectivity index (χ4v) is 3.22. The van der Waals surface area contributed by atoms with Crippen LogP contribution in [0.15, 0.2) is 41.8 Å². The van der Waals surface area contributed by atoms with Crippen LogP contribution in [0, 0.1) is 6.92 Å². The molecule has 0 unspecified atom stereocenters. The van der Waals surface area contributed by atoms with Gasteiger partial charge in [-0.25, -0.2) is 0 Å². The molecule has 1 aromatic carbocycles. The summed E-state index contributed by atoms with van der Waals surface area (Å²) in [6.07, 6.45) is 0. The molecule has 0 saturated carbocycles. The van der Waals surface area contributed by atoms with E-state index in [1.54, 1.807) is 11.3 Å². The maximum atomic E-state index is 12.4. The molecule has 1 aliphatic heterocycles. The van der Waals surface area contributed by atoms with Crippen LogP contribution in [0.25, 0.3) is 0 Å². The van der Waals surface area contributed by atoms with E-state index in [2.05, 4.69) is 29.2 Å². The first-order valence-electron chi connectivity index (χ1n) is 6.88. The molecule has 0 aliphatic carbocycles. The summed E-state index contributed by atoms with van der Waals surface area (Å²) in [5.41, 5.74) is 2.08. The molecule has 1 aromatic heterocycles. The zero-order valence-electron chi connectivity index (χ0n) is 11.6. The zero-order chi connectivity index (χ0) is 13.9. The molecular formula is C16H18N2OS. The number of benzene rings is 1. The fourth-order valence-electron chi connectivity index (χ4n) is 2.54. The van der Waals surface area contributed by atoms with E-state index in [4.69, 9.17) is 0 Å². The molecule has 4 heteroatoms. The third-order valence-electron chi connectivity index (χ3n) is 3.67. The molecule has 1 aliphatic rings. The fraction of sp³-hybridized carbons (Fsp3) is 0.312. The number of amides is 1. The number of piperazine rings is 1. The summed E-state index contributed by atoms with van der Waals surface area (Å²) in [5, 5.41) is 1.96. The lowest BCUT2D eigenvalue weighted by atomic mass is 10.2. The van der Waals surface area contributed by atoms with Gasteiger partial charge in [0.1, 0.15) is 0 Å². The average molecular weight is 286 g/mol. The van der Waals surface area contributed by atoms with Crippen LogP contribution in [0.2, 0.25) is 0 Å². The number of thiophene rings is 1. The molecule has 0 spiro atoms. The van der Waals surface area contributed by atoms with Gasteiger partial charge < -0.3 is 9.80 Å². The van der Waals surface area contributed by atoms with Gasteiger partial charge in [-0.1, -0.05) is 18.2 Å². The molecule has 1 saturated heterocycles. The molecular weight excluding hydrogens is 268 g/mol. The van der Waals surface area contributed by atoms with Crippen LogP contribution in [0.1, 0.15) is 15.2 Å². The predicted octanol–water partition coefficient (Wildman–Crippen LogP) is 3.02. The lowest BCUT2D eigenvalue weighted by molar-refractivity contribution is 0.0747. The van der Waals surface area contributed by atoms with Crippen molar-refractivity contribution >= 4 is 22.9 Å². The molecule has 3 rings (SSSR count). The van der Waals surface area contributed by atoms with Gasteiger partial charge in [0.25, 0.3) is 5.91 Å². The van der Waals surface area contributed by atoms with Crippen molar-refractivity contribution in [1.29, 1.82) is 0 Å². The molecule has 2 aromatic rings. The van der Waals surface area contributed by atoms with Gasteiger partial charge in [0.05, 0.1) is 5.56 Å². The Hall–Kier alpha value is -1.81. The minimum absolute atomic E-state index is 0.169. The van der Waals surface area contributed by atoms with Gasteiger partial charge in [-0.2, -0.15) is 0 Å². The van der Waals surface area contributed by atoms with Crippen molar-refractivity contribution in [1.82, 2.24) is 4.90 Å². The first-order valence-corrected chi connectivity index (χ1v) is 7.76. The Kier molecular flexibility index (Phi) is 3.74. The standard InChI is InChI=1S/C16H18N2OS/c1-13-11-14(12-20-13)16(19)18-9-7-17(8-10-18)15-5-3-2-4-6-15/h2-6,11-12H,7-10H2,1H3. The number of hydrogen-bond acceptors (Lipinski definition) is 3. The molecule has 0 N–H and O–H groups in total. The van der Waals surface area contributed by atoms with Crippen molar-refractivity contribution in [2.75, 3.05) is 31.1 Å². The normalized spacial score (nSPS) is 15.4. The van der Waals surface area contributed by atoms with E-state index in [9.17, 15) is 4.79 Å². The van der Waals surface area contributed by atoms with Gasteiger partial charge in [0.15, 0.2) is 0 Å². The summed E-state index contributed by atoms with van der Waals surface area (Å²) in [7, 11) is 0. The Labute approximate surface area is 123 Å². The highest BCUT2D eigenvalue weighted by Gasteiger charge is 2.22. The smallest absolute Gasteiger partial charge is 0.254 e. The highest BCUT2D eigenvalue weighted by atomic mass is 32.1. The van der Waals surface area contributed by atoms with Crippen molar-refractivity contribution in [2.45, 2.75) is 6.92 Å². The minimum Gasteiger partial charge on any atom is -0.368 e. The summed E-state index contributed by atoms with van der Waals surface area (Å²) in [6, 6.07) is 12.4. The van der Waals surface area contributed by atoms with Crippen LogP contribution < -0.4 is 4.90 Å². The zero-order valence-corrected chi connectivity index (χ0v) is 12.4. The summed E-state index contributed by atoms with van der Waals surface area (Å²) >= 11 is 1.64. The third-order valence-corrected chi connectivity index (χ3v) is 4.53. The summed E-state index contributed by atoms with van der Waals surface area (Å²) in [4.78, 5) is 17.9. The summed E-state index contributed by atoms with van der Waals surface area (Å²) < 4.78 is 0. The van der Waals surface area contributed by atoms with E-state index in [-0.39, 0.29) is 5.91 Å². The second-order valence-electron chi connectivity index (χ2n) is 5.06. The van der Waals surface area contributed by atoms with Gasteiger partial charge in [-0.05, 0) is 25.1 Å². The van der Waals surface area contributed by atoms with E-state index in [0.29, 0.717) is 0 Å². The molecule has 2 heterocycles. The van der Waals surface area contributed by atoms with Crippen molar-refractivity contribution < 1.29 is 4.79 Å². The van der Waals surface area contributed by atoms with E-state index < -0.39 is 0 Å². The Morgan fingerprint density at radius 1 is 1.10 bits per heavy atom. The van der Waals surface area contributed by atoms with Crippen LogP contribution in [-0.2, 0) is 0 Å². The SMILES string of the molecule is Cc1cc(C(=O)N2CCN(c3ccccc3)CC2)cs1. The lowest BCUT2D eigenvalue weighted by Gasteiger charge is -2.36. The minimum atomic E-state index is 0.169. The summed E-state index contributed by atoms with van der Waals surface area (Å²) in [5.74, 6) is 0.169. The first kappa shape index (κ1) is 13.2. The molecule has 20 heavy (non-hydrogen) atoms. The number of para-hydroxylation sites is 1. The number of aryl methyl sites for hydroxylation is 1. The van der Waals surface area contributed by atoms with E-state index >= 15 is 0 Å². The largest absolute Gasteiger partial charge is 0.368 e. The van der Waals surface area contributed by atoms with E-state index in [1.807, 2.05) is 29.3 Å². The number of rotatable bonds is 2. The maximum absolute atomic E-state index is 12.4. The molecule has 1 amide bonds. The van der Waals surface area contributed by atoms with Crippen LogP contribution >= 0.6 is 11.3 Å². The molecule has 104 valence electrons. The van der Waals surface area contributed by atoms with Gasteiger partial charge in [0, 0.05) is 42.1 Å². The van der Waals surface area contributed by atoms with Gasteiger partial charge in [0.2, 0.25) is 0 Å². The van der Waals surface area contributed by atoms with Crippen molar-refractivity contribution in [3.63, 3.8) is 0 Å². The number of carbonyl (C=O) groups is 1. The van der Waals surface area contributed by atoms with Crippen molar-refractivity contribution in [2.24, 2.45) is 0 Å². The van der Waals surface area contributed by atoms with Crippen molar-refractivity contribution in [3.05, 3.63) is 52.2 Å². The average Bonchev–Trinajstić information content (AvgIpc) is 2.94. The van der Waals surface area contributed by atoms with Gasteiger partial charge in [-0.15, -0.1) is 11.3 Å². The number of hydrogen-bond donors (Lipinski definition) is 0. The third kappa shape index (κ3) is 2.70. The molecule has 3 nitrogen and oxygen atoms in total. The quantitative estimate of drug-likeness (QED) is 0.847. The first-order chi connectivity index (χ1) is 9.74. The highest BCUT2D eigenvalue weighted by molar-refractivity contribution is 7.10. The predicted molar refractivity (Wildman–Crippen MR) is 83.6 cm³/mol. The highest BCUT2D eigenvalue weighted by Crippen LogP contribution is 2.19. The molecule has 0 bridgehead atoms. The van der Waals surface area contributed by atoms with Crippen molar-refractivity contribution in [3.8, 4) is 0 Å². The van der Waals surface area contributed by atoms with E-state index in [1.165, 1.54) is 10.6 Å². The Balaban J connectivity index is 1.63. The second-order valence-corrected chi connectivity index (χ2v) is 6.18. The Bertz CT molecular complexity index is 586. The number of carbonyl (C=O) groups excluding carboxylic acids is 1. The maximum Gasteiger partial charge on any atom is 0.254 e. The monoisotopic (exact) mass is 286 g/mol. The topological polar surface area (TPSA) is 23.6 Å². The lowest BCUT2D eigenvalue weighted by Crippen LogP contribution is -2.48. The van der Waals surface area contributed by atoms with Crippen LogP contribution in [0.3, 0.4) is 0 Å². The van der Waals surface area contributed by atoms with Gasteiger partial charge in [-0.3, -0.25) is 4.79 Å². The second kappa shape index (κ2) is 5.67. The Morgan fingerprint density at radius 2 is 1.80 bits per heavy atom. The summed E-state index contributed by atoms with van der Waals surface area (Å²) in [6.45, 7) is 5.43. The van der Waals surface area contributed by atoms with Crippen LogP contribution in [0.5, 0.6) is 0 Å². The number of nitrogens with zero attached hydrogens (tertiary/aromatic N) is 2. The molecule has 0 atom stereocenters.